The number of carboxylic acid groups (broad SMARTS) is 1. The normalized spacial score (nSPS) is 15.8. The molecule has 6 nitrogen and oxygen atoms in total. The van der Waals surface area contributed by atoms with Crippen molar-refractivity contribution in [1.29, 1.82) is 0 Å². The molecule has 1 aliphatic heterocycles. The summed E-state index contributed by atoms with van der Waals surface area (Å²) in [5.74, 6) is 0.363. The Hall–Kier alpha value is -2.05. The molecule has 1 amide bonds. The number of halogens is 2. The summed E-state index contributed by atoms with van der Waals surface area (Å²) in [6, 6.07) is 5.58. The number of benzene rings is 1. The number of amides is 1. The Morgan fingerprint density at radius 2 is 1.85 bits per heavy atom. The van der Waals surface area contributed by atoms with E-state index in [1.54, 1.807) is 6.07 Å². The van der Waals surface area contributed by atoms with Crippen LogP contribution < -0.4 is 5.73 Å². The van der Waals surface area contributed by atoms with Crippen LogP contribution in [-0.4, -0.2) is 40.8 Å². The minimum Gasteiger partial charge on any atom is -0.481 e. The fraction of sp³-hybridized carbons (Fsp3) is 0.560. The molecule has 1 unspecified atom stereocenters. The highest BCUT2D eigenvalue weighted by atomic mass is 35.5. The molecule has 0 spiro atoms. The zero-order valence-electron chi connectivity index (χ0n) is 19.7. The number of amidine groups is 1. The molecule has 1 atom stereocenters. The number of hydrogen-bond donors (Lipinski definition) is 2. The van der Waals surface area contributed by atoms with Gasteiger partial charge in [-0.25, -0.2) is 4.99 Å². The van der Waals surface area contributed by atoms with Crippen LogP contribution in [0.15, 0.2) is 28.8 Å². The molecule has 2 rings (SSSR count). The molecule has 0 radical (unpaired) electrons. The highest BCUT2D eigenvalue weighted by Crippen LogP contribution is 2.40. The number of nitrogens with two attached hydrogens (primary N) is 1. The van der Waals surface area contributed by atoms with Crippen LogP contribution in [0.3, 0.4) is 0 Å². The van der Waals surface area contributed by atoms with E-state index in [0.29, 0.717) is 35.5 Å². The molecule has 33 heavy (non-hydrogen) atoms. The largest absolute Gasteiger partial charge is 0.481 e. The fourth-order valence-electron chi connectivity index (χ4n) is 4.23. The van der Waals surface area contributed by atoms with Gasteiger partial charge in [0.25, 0.3) is 0 Å². The van der Waals surface area contributed by atoms with Gasteiger partial charge in [-0.2, -0.15) is 0 Å². The first-order valence-corrected chi connectivity index (χ1v) is 12.4. The van der Waals surface area contributed by atoms with E-state index in [4.69, 9.17) is 33.9 Å². The zero-order valence-corrected chi connectivity index (χ0v) is 21.3. The molecule has 1 aromatic carbocycles. The number of unbranched alkanes of at least 4 members (excludes halogenated alkanes) is 2. The minimum absolute atomic E-state index is 0.0400. The molecule has 8 heteroatoms. The Morgan fingerprint density at radius 1 is 1.12 bits per heavy atom. The van der Waals surface area contributed by atoms with Crippen LogP contribution in [0.2, 0.25) is 10.0 Å². The third-order valence-corrected chi connectivity index (χ3v) is 6.50. The van der Waals surface area contributed by atoms with Crippen LogP contribution in [0, 0.1) is 11.8 Å². The second-order valence-corrected chi connectivity index (χ2v) is 9.75. The summed E-state index contributed by atoms with van der Waals surface area (Å²) in [6.07, 6.45) is 4.60. The van der Waals surface area contributed by atoms with Gasteiger partial charge in [-0.05, 0) is 49.3 Å². The number of carbonyl (C=O) groups excluding carboxylic acids is 1. The van der Waals surface area contributed by atoms with E-state index < -0.39 is 5.97 Å². The number of hydrogen-bond acceptors (Lipinski definition) is 4. The van der Waals surface area contributed by atoms with Crippen molar-refractivity contribution >= 4 is 46.6 Å². The van der Waals surface area contributed by atoms with Crippen molar-refractivity contribution in [3.63, 3.8) is 0 Å². The van der Waals surface area contributed by atoms with Crippen LogP contribution >= 0.6 is 23.2 Å². The molecule has 0 saturated heterocycles. The maximum Gasteiger partial charge on any atom is 0.305 e. The number of rotatable bonds is 13. The Balaban J connectivity index is 2.36. The van der Waals surface area contributed by atoms with Crippen molar-refractivity contribution in [1.82, 2.24) is 4.90 Å². The molecule has 182 valence electrons. The molecular weight excluding hydrogens is 461 g/mol. The van der Waals surface area contributed by atoms with Crippen LogP contribution in [0.4, 0.5) is 0 Å². The van der Waals surface area contributed by atoms with Crippen LogP contribution in [0.5, 0.6) is 0 Å². The molecular formula is C25H35Cl2N3O3. The molecule has 1 aromatic rings. The summed E-state index contributed by atoms with van der Waals surface area (Å²) < 4.78 is 0. The van der Waals surface area contributed by atoms with E-state index in [1.165, 1.54) is 5.57 Å². The first kappa shape index (κ1) is 27.2. The first-order valence-electron chi connectivity index (χ1n) is 11.7. The summed E-state index contributed by atoms with van der Waals surface area (Å²) >= 11 is 12.4. The van der Waals surface area contributed by atoms with Gasteiger partial charge in [0.1, 0.15) is 5.84 Å². The van der Waals surface area contributed by atoms with Gasteiger partial charge in [0.05, 0.1) is 22.2 Å². The van der Waals surface area contributed by atoms with E-state index in [9.17, 15) is 14.7 Å². The summed E-state index contributed by atoms with van der Waals surface area (Å²) in [6.45, 7) is 7.59. The van der Waals surface area contributed by atoms with Crippen molar-refractivity contribution in [3.8, 4) is 0 Å². The minimum atomic E-state index is -0.833. The van der Waals surface area contributed by atoms with Gasteiger partial charge in [0, 0.05) is 31.0 Å². The maximum absolute atomic E-state index is 11.3. The third kappa shape index (κ3) is 8.04. The molecule has 1 heterocycles. The predicted molar refractivity (Wildman–Crippen MR) is 136 cm³/mol. The highest BCUT2D eigenvalue weighted by molar-refractivity contribution is 6.42. The summed E-state index contributed by atoms with van der Waals surface area (Å²) in [7, 11) is 0. The Kier molecular flexibility index (Phi) is 10.7. The van der Waals surface area contributed by atoms with Gasteiger partial charge in [-0.3, -0.25) is 9.59 Å². The molecule has 1 aliphatic rings. The number of aliphatic imine (C=N–C) groups is 1. The van der Waals surface area contributed by atoms with Crippen LogP contribution in [0.1, 0.15) is 71.3 Å². The first-order chi connectivity index (χ1) is 15.6. The van der Waals surface area contributed by atoms with Gasteiger partial charge >= 0.3 is 5.97 Å². The number of primary amides is 1. The van der Waals surface area contributed by atoms with Crippen molar-refractivity contribution in [3.05, 3.63) is 39.4 Å². The monoisotopic (exact) mass is 495 g/mol. The van der Waals surface area contributed by atoms with Crippen molar-refractivity contribution in [2.24, 2.45) is 22.6 Å². The van der Waals surface area contributed by atoms with Crippen molar-refractivity contribution < 1.29 is 14.7 Å². The van der Waals surface area contributed by atoms with Gasteiger partial charge in [-0.1, -0.05) is 56.5 Å². The lowest BCUT2D eigenvalue weighted by atomic mass is 9.87. The maximum atomic E-state index is 11.3. The Bertz CT molecular complexity index is 912. The highest BCUT2D eigenvalue weighted by Gasteiger charge is 2.33. The number of carbonyl (C=O) groups is 2. The topological polar surface area (TPSA) is 96.0 Å². The van der Waals surface area contributed by atoms with Gasteiger partial charge in [0.15, 0.2) is 0 Å². The third-order valence-electron chi connectivity index (χ3n) is 5.76. The lowest BCUT2D eigenvalue weighted by Gasteiger charge is -2.29. The summed E-state index contributed by atoms with van der Waals surface area (Å²) in [5.41, 5.74) is 8.34. The average Bonchev–Trinajstić information content (AvgIpc) is 3.09. The van der Waals surface area contributed by atoms with E-state index in [1.807, 2.05) is 12.1 Å². The van der Waals surface area contributed by atoms with Crippen molar-refractivity contribution in [2.75, 3.05) is 13.1 Å². The molecule has 3 N–H and O–H groups in total. The molecule has 0 fully saturated rings. The lowest BCUT2D eigenvalue weighted by molar-refractivity contribution is -0.137. The fourth-order valence-corrected chi connectivity index (χ4v) is 4.53. The summed E-state index contributed by atoms with van der Waals surface area (Å²) in [5, 5.41) is 10.3. The average molecular weight is 496 g/mol. The quantitative estimate of drug-likeness (QED) is 0.327. The van der Waals surface area contributed by atoms with E-state index in [2.05, 4.69) is 25.7 Å². The van der Waals surface area contributed by atoms with Crippen LogP contribution in [0.25, 0.3) is 5.70 Å². The summed E-state index contributed by atoms with van der Waals surface area (Å²) in [4.78, 5) is 29.5. The lowest BCUT2D eigenvalue weighted by Crippen LogP contribution is -2.37. The molecule has 0 aliphatic carbocycles. The number of nitrogens with zero attached hydrogens (tertiary/aromatic N) is 2. The number of carboxylic acids is 1. The smallest absolute Gasteiger partial charge is 0.305 e. The molecule has 0 saturated carbocycles. The van der Waals surface area contributed by atoms with Gasteiger partial charge in [0.2, 0.25) is 5.91 Å². The SMILES string of the molecule is CCC1C(N(CCCCCC(N)=O)CCC(=O)O)=NC(c2ccc(Cl)c(Cl)c2)=C1CC(C)C. The van der Waals surface area contributed by atoms with Gasteiger partial charge < -0.3 is 15.7 Å². The molecule has 0 aromatic heterocycles. The van der Waals surface area contributed by atoms with E-state index >= 15 is 0 Å². The Morgan fingerprint density at radius 3 is 2.42 bits per heavy atom. The van der Waals surface area contributed by atoms with Crippen molar-refractivity contribution in [2.45, 2.75) is 65.7 Å². The second-order valence-electron chi connectivity index (χ2n) is 8.94. The van der Waals surface area contributed by atoms with E-state index in [-0.39, 0.29) is 18.2 Å². The van der Waals surface area contributed by atoms with Crippen LogP contribution in [-0.2, 0) is 9.59 Å². The predicted octanol–water partition coefficient (Wildman–Crippen LogP) is 6.01. The number of aliphatic carboxylic acids is 1. The Labute approximate surface area is 206 Å². The second kappa shape index (κ2) is 13.0. The standard InChI is InChI=1S/C25H35Cl2N3O3/c1-4-18-19(14-16(2)3)24(17-9-10-20(26)21(27)15-17)29-25(18)30(13-11-23(32)33)12-7-5-6-8-22(28)31/h9-10,15-16,18H,4-8,11-14H2,1-3H3,(H2,28,31)(H,32,33). The zero-order chi connectivity index (χ0) is 24.5. The van der Waals surface area contributed by atoms with E-state index in [0.717, 1.165) is 49.2 Å². The molecule has 0 bridgehead atoms. The van der Waals surface area contributed by atoms with Gasteiger partial charge in [-0.15, -0.1) is 0 Å².